The van der Waals surface area contributed by atoms with Crippen LogP contribution in [0.1, 0.15) is 66.4 Å². The minimum absolute atomic E-state index is 0.116. The molecule has 1 atom stereocenters. The molecule has 3 aromatic rings. The third kappa shape index (κ3) is 5.27. The van der Waals surface area contributed by atoms with Gasteiger partial charge in [-0.3, -0.25) is 0 Å². The van der Waals surface area contributed by atoms with Gasteiger partial charge in [0.15, 0.2) is 0 Å². The van der Waals surface area contributed by atoms with Gasteiger partial charge in [0.25, 0.3) is 0 Å². The topological polar surface area (TPSA) is 47.9 Å². The first kappa shape index (κ1) is 25.3. The molecule has 1 heterocycles. The van der Waals surface area contributed by atoms with Gasteiger partial charge in [0, 0.05) is 26.1 Å². The first-order valence-corrected chi connectivity index (χ1v) is 13.3. The van der Waals surface area contributed by atoms with E-state index in [2.05, 4.69) is 12.1 Å². The zero-order chi connectivity index (χ0) is 26.3. The normalized spacial score (nSPS) is 20.7. The van der Waals surface area contributed by atoms with Gasteiger partial charge in [0.2, 0.25) is 0 Å². The van der Waals surface area contributed by atoms with Crippen molar-refractivity contribution in [1.29, 1.82) is 0 Å². The molecule has 0 radical (unpaired) electrons. The Hall–Kier alpha value is -3.03. The van der Waals surface area contributed by atoms with E-state index in [0.29, 0.717) is 61.7 Å². The van der Waals surface area contributed by atoms with Crippen LogP contribution in [0.5, 0.6) is 11.5 Å². The Kier molecular flexibility index (Phi) is 6.60. The second-order valence-corrected chi connectivity index (χ2v) is 10.7. The second kappa shape index (κ2) is 9.93. The van der Waals surface area contributed by atoms with Crippen molar-refractivity contribution in [3.63, 3.8) is 0 Å². The van der Waals surface area contributed by atoms with Crippen LogP contribution in [0.25, 0.3) is 11.1 Å². The highest BCUT2D eigenvalue weighted by Crippen LogP contribution is 2.47. The number of halogens is 3. The predicted molar refractivity (Wildman–Crippen MR) is 137 cm³/mol. The maximum Gasteiger partial charge on any atom is 0.417 e. The van der Waals surface area contributed by atoms with E-state index in [1.165, 1.54) is 24.5 Å². The molecule has 2 fully saturated rings. The lowest BCUT2D eigenvalue weighted by molar-refractivity contribution is -0.137. The van der Waals surface area contributed by atoms with Crippen LogP contribution < -0.4 is 9.47 Å². The van der Waals surface area contributed by atoms with E-state index < -0.39 is 17.3 Å². The number of hydrogen-bond donors (Lipinski definition) is 1. The zero-order valence-electron chi connectivity index (χ0n) is 21.1. The van der Waals surface area contributed by atoms with Gasteiger partial charge in [-0.15, -0.1) is 0 Å². The Morgan fingerprint density at radius 2 is 1.55 bits per heavy atom. The molecular formula is C31H31F3O4. The van der Waals surface area contributed by atoms with E-state index in [1.54, 1.807) is 30.3 Å². The number of fused-ring (bicyclic) bond motifs is 1. The second-order valence-electron chi connectivity index (χ2n) is 10.7. The van der Waals surface area contributed by atoms with Crippen molar-refractivity contribution >= 4 is 0 Å². The molecule has 1 saturated heterocycles. The van der Waals surface area contributed by atoms with E-state index >= 15 is 0 Å². The third-order valence-corrected chi connectivity index (χ3v) is 7.94. The fraction of sp³-hybridized carbons (Fsp3) is 0.419. The third-order valence-electron chi connectivity index (χ3n) is 7.94. The summed E-state index contributed by atoms with van der Waals surface area (Å²) in [6, 6.07) is 17.5. The molecule has 38 heavy (non-hydrogen) atoms. The van der Waals surface area contributed by atoms with Crippen LogP contribution in [0.15, 0.2) is 60.7 Å². The van der Waals surface area contributed by atoms with Gasteiger partial charge < -0.3 is 19.3 Å². The van der Waals surface area contributed by atoms with Gasteiger partial charge in [-0.05, 0) is 89.8 Å². The van der Waals surface area contributed by atoms with Gasteiger partial charge in [-0.1, -0.05) is 30.3 Å². The number of aliphatic hydroxyl groups is 1. The van der Waals surface area contributed by atoms with Gasteiger partial charge in [-0.25, -0.2) is 0 Å². The van der Waals surface area contributed by atoms with Crippen LogP contribution in [0.4, 0.5) is 13.2 Å². The van der Waals surface area contributed by atoms with Crippen molar-refractivity contribution in [2.24, 2.45) is 0 Å². The minimum Gasteiger partial charge on any atom is -0.491 e. The summed E-state index contributed by atoms with van der Waals surface area (Å²) in [5, 5.41) is 10.6. The molecule has 2 aliphatic carbocycles. The largest absolute Gasteiger partial charge is 0.491 e. The Labute approximate surface area is 220 Å². The standard InChI is InChI=1S/C31H31F3O4/c32-31(33,34)27-13-11-25-26(12-14-28(25)38-24-9-3-21(4-10-24)20-1-2-20)29(27)22-5-7-23(8-6-22)37-19-30(35)15-17-36-18-16-30/h3-11,13,20,28,35H,1-2,12,14-19H2. The van der Waals surface area contributed by atoms with Crippen molar-refractivity contribution in [2.45, 2.75) is 62.3 Å². The van der Waals surface area contributed by atoms with Crippen molar-refractivity contribution < 1.29 is 32.5 Å². The highest BCUT2D eigenvalue weighted by molar-refractivity contribution is 5.74. The van der Waals surface area contributed by atoms with E-state index in [1.807, 2.05) is 12.1 Å². The van der Waals surface area contributed by atoms with Crippen molar-refractivity contribution in [2.75, 3.05) is 19.8 Å². The quantitative estimate of drug-likeness (QED) is 0.354. The fourth-order valence-corrected chi connectivity index (χ4v) is 5.58. The molecule has 3 aromatic carbocycles. The lowest BCUT2D eigenvalue weighted by atomic mass is 9.91. The van der Waals surface area contributed by atoms with Crippen molar-refractivity contribution in [3.05, 3.63) is 82.9 Å². The first-order valence-electron chi connectivity index (χ1n) is 13.3. The van der Waals surface area contributed by atoms with Crippen LogP contribution in [0.2, 0.25) is 0 Å². The van der Waals surface area contributed by atoms with E-state index in [9.17, 15) is 18.3 Å². The SMILES string of the molecule is OC1(COc2ccc(-c3c(C(F)(F)F)ccc4c3CCC4Oc3ccc(C4CC4)cc3)cc2)CCOCC1. The molecule has 200 valence electrons. The summed E-state index contributed by atoms with van der Waals surface area (Å²) in [4.78, 5) is 0. The summed E-state index contributed by atoms with van der Waals surface area (Å²) in [6.45, 7) is 1.08. The zero-order valence-corrected chi connectivity index (χ0v) is 21.1. The van der Waals surface area contributed by atoms with E-state index in [-0.39, 0.29) is 18.3 Å². The number of rotatable bonds is 7. The molecule has 6 rings (SSSR count). The molecule has 4 nitrogen and oxygen atoms in total. The first-order chi connectivity index (χ1) is 18.3. The van der Waals surface area contributed by atoms with E-state index in [0.717, 1.165) is 11.3 Å². The van der Waals surface area contributed by atoms with Crippen LogP contribution in [0.3, 0.4) is 0 Å². The average molecular weight is 525 g/mol. The molecule has 0 bridgehead atoms. The average Bonchev–Trinajstić information content (AvgIpc) is 3.69. The minimum atomic E-state index is -4.48. The van der Waals surface area contributed by atoms with E-state index in [4.69, 9.17) is 14.2 Å². The highest BCUT2D eigenvalue weighted by atomic mass is 19.4. The van der Waals surface area contributed by atoms with Gasteiger partial charge in [0.1, 0.15) is 29.8 Å². The Morgan fingerprint density at radius 3 is 2.21 bits per heavy atom. The lowest BCUT2D eigenvalue weighted by Crippen LogP contribution is -2.41. The molecule has 3 aliphatic rings. The molecule has 7 heteroatoms. The molecule has 1 N–H and O–H groups in total. The molecule has 1 aliphatic heterocycles. The number of ether oxygens (including phenoxy) is 3. The van der Waals surface area contributed by atoms with Crippen LogP contribution in [-0.2, 0) is 17.3 Å². The Bertz CT molecular complexity index is 1270. The van der Waals surface area contributed by atoms with Gasteiger partial charge in [-0.2, -0.15) is 13.2 Å². The monoisotopic (exact) mass is 524 g/mol. The van der Waals surface area contributed by atoms with Crippen LogP contribution in [0, 0.1) is 0 Å². The van der Waals surface area contributed by atoms with Crippen LogP contribution in [-0.4, -0.2) is 30.5 Å². The molecule has 0 amide bonds. The van der Waals surface area contributed by atoms with Gasteiger partial charge >= 0.3 is 6.18 Å². The molecule has 1 saturated carbocycles. The highest BCUT2D eigenvalue weighted by Gasteiger charge is 2.38. The summed E-state index contributed by atoms with van der Waals surface area (Å²) in [7, 11) is 0. The number of hydrogen-bond acceptors (Lipinski definition) is 4. The van der Waals surface area contributed by atoms with Crippen LogP contribution >= 0.6 is 0 Å². The van der Waals surface area contributed by atoms with Gasteiger partial charge in [0.05, 0.1) is 5.56 Å². The molecule has 0 spiro atoms. The van der Waals surface area contributed by atoms with Crippen molar-refractivity contribution in [1.82, 2.24) is 0 Å². The number of benzene rings is 3. The Morgan fingerprint density at radius 1 is 0.868 bits per heavy atom. The molecular weight excluding hydrogens is 493 g/mol. The predicted octanol–water partition coefficient (Wildman–Crippen LogP) is 7.24. The number of alkyl halides is 3. The lowest BCUT2D eigenvalue weighted by Gasteiger charge is -2.31. The molecule has 1 unspecified atom stereocenters. The maximum absolute atomic E-state index is 14.1. The Balaban J connectivity index is 1.24. The summed E-state index contributed by atoms with van der Waals surface area (Å²) >= 11 is 0. The summed E-state index contributed by atoms with van der Waals surface area (Å²) < 4.78 is 59.7. The van der Waals surface area contributed by atoms with Crippen molar-refractivity contribution in [3.8, 4) is 22.6 Å². The molecule has 0 aromatic heterocycles. The smallest absolute Gasteiger partial charge is 0.417 e. The summed E-state index contributed by atoms with van der Waals surface area (Å²) in [5.41, 5.74) is 1.91. The fourth-order valence-electron chi connectivity index (χ4n) is 5.58. The summed E-state index contributed by atoms with van der Waals surface area (Å²) in [6.07, 6.45) is -0.209. The maximum atomic E-state index is 14.1. The summed E-state index contributed by atoms with van der Waals surface area (Å²) in [5.74, 6) is 1.90.